The van der Waals surface area contributed by atoms with Crippen molar-refractivity contribution in [2.75, 3.05) is 0 Å². The Hall–Kier alpha value is -5.94. The van der Waals surface area contributed by atoms with Crippen LogP contribution in [-0.4, -0.2) is 10.2 Å². The van der Waals surface area contributed by atoms with Crippen molar-refractivity contribution in [1.29, 1.82) is 0 Å². The second-order valence-corrected chi connectivity index (χ2v) is 17.7. The van der Waals surface area contributed by atoms with Gasteiger partial charge in [0.2, 0.25) is 0 Å². The summed E-state index contributed by atoms with van der Waals surface area (Å²) in [5, 5.41) is 9.60. The largest absolute Gasteiger partial charge is 0.473 e. The van der Waals surface area contributed by atoms with Gasteiger partial charge in [0.25, 0.3) is 0 Å². The molecule has 5 aliphatic rings. The molecule has 2 nitrogen and oxygen atoms in total. The molecule has 2 unspecified atom stereocenters. The lowest BCUT2D eigenvalue weighted by Gasteiger charge is -2.12. The third-order valence-corrected chi connectivity index (χ3v) is 12.6. The van der Waals surface area contributed by atoms with Crippen molar-refractivity contribution >= 4 is 33.9 Å². The molecule has 2 fully saturated rings. The lowest BCUT2D eigenvalue weighted by atomic mass is 10.0. The predicted octanol–water partition coefficient (Wildman–Crippen LogP) is 18.5. The van der Waals surface area contributed by atoms with E-state index in [-0.39, 0.29) is 0 Å². The highest BCUT2D eigenvalue weighted by molar-refractivity contribution is 8.03. The van der Waals surface area contributed by atoms with Crippen LogP contribution in [0.5, 0.6) is 0 Å². The summed E-state index contributed by atoms with van der Waals surface area (Å²) >= 11 is 3.62. The van der Waals surface area contributed by atoms with Gasteiger partial charge in [-0.05, 0) is 79.9 Å². The van der Waals surface area contributed by atoms with E-state index in [1.807, 2.05) is 101 Å². The smallest absolute Gasteiger partial charge is 0.0902 e. The lowest BCUT2D eigenvalue weighted by Crippen LogP contribution is -2.07. The van der Waals surface area contributed by atoms with Crippen LogP contribution in [0.2, 0.25) is 0 Å². The Morgan fingerprint density at radius 3 is 1.17 bits per heavy atom. The van der Waals surface area contributed by atoms with Gasteiger partial charge in [-0.3, -0.25) is 4.98 Å². The van der Waals surface area contributed by atoms with Gasteiger partial charge < -0.3 is 4.42 Å². The van der Waals surface area contributed by atoms with Crippen molar-refractivity contribution < 1.29 is 4.42 Å². The first kappa shape index (κ1) is 50.1. The van der Waals surface area contributed by atoms with Crippen molar-refractivity contribution in [3.05, 3.63) is 259 Å². The van der Waals surface area contributed by atoms with Crippen LogP contribution in [0.3, 0.4) is 0 Å². The minimum atomic E-state index is 0.681. The van der Waals surface area contributed by atoms with E-state index in [0.717, 1.165) is 6.42 Å². The van der Waals surface area contributed by atoms with Gasteiger partial charge in [-0.15, -0.1) is 11.8 Å². The van der Waals surface area contributed by atoms with E-state index in [1.165, 1.54) is 104 Å². The third kappa shape index (κ3) is 21.5. The Morgan fingerprint density at radius 2 is 0.815 bits per heavy atom. The molecule has 2 saturated carbocycles. The first-order valence-electron chi connectivity index (χ1n) is 23.4. The average Bonchev–Trinajstić information content (AvgIpc) is 4.28. The Labute approximate surface area is 398 Å². The van der Waals surface area contributed by atoms with E-state index in [0.29, 0.717) is 11.2 Å². The molecule has 5 aromatic carbocycles. The molecular weight excluding hydrogens is 827 g/mol. The number of furan rings is 1. The molecule has 0 spiro atoms. The molecule has 2 atom stereocenters. The van der Waals surface area contributed by atoms with Crippen LogP contribution in [-0.2, 0) is 6.42 Å². The molecular formula is C61H67NOS2. The summed E-state index contributed by atoms with van der Waals surface area (Å²) in [5.74, 6) is 0.681. The quantitative estimate of drug-likeness (QED) is 0.152. The maximum atomic E-state index is 4.58. The summed E-state index contributed by atoms with van der Waals surface area (Å²) in [6.07, 6.45) is 35.4. The Balaban J connectivity index is 0.000000141. The second-order valence-electron chi connectivity index (χ2n) is 15.8. The highest BCUT2D eigenvalue weighted by atomic mass is 32.2. The molecule has 8 aromatic rings. The topological polar surface area (TPSA) is 26.0 Å². The number of hydrogen-bond donors (Lipinski definition) is 0. The van der Waals surface area contributed by atoms with Crippen molar-refractivity contribution in [1.82, 2.24) is 4.98 Å². The molecule has 4 aliphatic carbocycles. The maximum Gasteiger partial charge on any atom is 0.0902 e. The van der Waals surface area contributed by atoms with Gasteiger partial charge in [-0.1, -0.05) is 253 Å². The van der Waals surface area contributed by atoms with Gasteiger partial charge in [-0.25, -0.2) is 0 Å². The number of rotatable bonds is 0. The minimum absolute atomic E-state index is 0.681. The van der Waals surface area contributed by atoms with Crippen LogP contribution < -0.4 is 0 Å². The van der Waals surface area contributed by atoms with Gasteiger partial charge >= 0.3 is 0 Å². The first-order chi connectivity index (χ1) is 32.4. The van der Waals surface area contributed by atoms with E-state index in [1.54, 1.807) is 36.3 Å². The number of pyridine rings is 1. The molecule has 334 valence electrons. The van der Waals surface area contributed by atoms with Crippen LogP contribution in [0.25, 0.3) is 21.9 Å². The van der Waals surface area contributed by atoms with Gasteiger partial charge in [0.1, 0.15) is 0 Å². The molecule has 0 radical (unpaired) electrons. The predicted molar refractivity (Wildman–Crippen MR) is 285 cm³/mol. The van der Waals surface area contributed by atoms with Gasteiger partial charge in [0.05, 0.1) is 12.5 Å². The molecule has 4 heterocycles. The van der Waals surface area contributed by atoms with E-state index in [4.69, 9.17) is 0 Å². The number of thioether (sulfide) groups is 1. The number of allylic oxidation sites excluding steroid dienone is 4. The van der Waals surface area contributed by atoms with E-state index in [9.17, 15) is 0 Å². The fourth-order valence-electron chi connectivity index (χ4n) is 7.45. The van der Waals surface area contributed by atoms with E-state index >= 15 is 0 Å². The van der Waals surface area contributed by atoms with Crippen molar-refractivity contribution in [2.45, 2.75) is 82.3 Å². The maximum absolute atomic E-state index is 4.58. The molecule has 0 amide bonds. The summed E-state index contributed by atoms with van der Waals surface area (Å²) < 4.78 is 4.58. The molecule has 1 aliphatic heterocycles. The van der Waals surface area contributed by atoms with Crippen LogP contribution in [0.4, 0.5) is 0 Å². The zero-order valence-corrected chi connectivity index (χ0v) is 39.6. The SMILES string of the molecule is C1=CC2C=CSC2C=C1.C1CCCC1.C1CCCCC1.c1ccc2c(c1)Cc1ccccc1-2.c1ccc2ccccc2c1.c1ccccc1.c1ccncc1.c1ccoc1.c1ccsc1. The monoisotopic (exact) mass is 893 g/mol. The van der Waals surface area contributed by atoms with Gasteiger partial charge in [0, 0.05) is 23.6 Å². The van der Waals surface area contributed by atoms with E-state index < -0.39 is 0 Å². The number of nitrogens with zero attached hydrogens (tertiary/aromatic N) is 1. The third-order valence-electron chi connectivity index (χ3n) is 10.9. The lowest BCUT2D eigenvalue weighted by molar-refractivity contribution is 0.504. The Kier molecular flexibility index (Phi) is 25.8. The number of hydrogen-bond acceptors (Lipinski definition) is 4. The molecule has 4 heteroatoms. The number of benzene rings is 5. The van der Waals surface area contributed by atoms with Crippen molar-refractivity contribution in [3.8, 4) is 11.1 Å². The van der Waals surface area contributed by atoms with Crippen LogP contribution in [0.1, 0.15) is 81.8 Å². The normalized spacial score (nSPS) is 15.9. The summed E-state index contributed by atoms with van der Waals surface area (Å²) in [6.45, 7) is 0. The summed E-state index contributed by atoms with van der Waals surface area (Å²) in [7, 11) is 0. The van der Waals surface area contributed by atoms with Crippen molar-refractivity contribution in [2.24, 2.45) is 5.92 Å². The molecule has 65 heavy (non-hydrogen) atoms. The average molecular weight is 894 g/mol. The van der Waals surface area contributed by atoms with Gasteiger partial charge in [0.15, 0.2) is 0 Å². The number of thiophene rings is 1. The molecule has 3 aromatic heterocycles. The summed E-state index contributed by atoms with van der Waals surface area (Å²) in [5.41, 5.74) is 5.75. The highest BCUT2D eigenvalue weighted by Crippen LogP contribution is 2.36. The van der Waals surface area contributed by atoms with Crippen LogP contribution in [0, 0.1) is 5.92 Å². The summed E-state index contributed by atoms with van der Waals surface area (Å²) in [4.78, 5) is 3.78. The highest BCUT2D eigenvalue weighted by Gasteiger charge is 2.19. The minimum Gasteiger partial charge on any atom is -0.473 e. The molecule has 0 saturated heterocycles. The Bertz CT molecular complexity index is 2100. The van der Waals surface area contributed by atoms with Crippen LogP contribution >= 0.6 is 23.1 Å². The number of aromatic nitrogens is 1. The fraction of sp³-hybridized carbons (Fsp3) is 0.230. The van der Waals surface area contributed by atoms with Crippen LogP contribution in [0.15, 0.2) is 252 Å². The van der Waals surface area contributed by atoms with Crippen molar-refractivity contribution in [3.63, 3.8) is 0 Å². The fourth-order valence-corrected chi connectivity index (χ4v) is 8.90. The summed E-state index contributed by atoms with van der Waals surface area (Å²) in [6, 6.07) is 59.4. The Morgan fingerprint density at radius 1 is 0.400 bits per heavy atom. The molecule has 13 rings (SSSR count). The standard InChI is InChI=1S/C13H10.C10H8.C8H8S.C6H12.C6H6.C5H5N.C5H10.C4H4O.C4H4S/c1-3-7-12-10(5-1)9-11-6-2-4-8-13(11)12;1-2-6-10-8-4-3-7-9(10)5-1;1-2-4-8-7(3-1)5-6-9-8;3*1-2-4-6-5-3-1;3*1-2-4-5-3-1/h1-8H,9H2;1-8H;1-8H;1-6H2;1-6H;1-5H;1-5H2;2*1-4H. The first-order valence-corrected chi connectivity index (χ1v) is 25.3. The zero-order chi connectivity index (χ0) is 44.9. The molecule has 0 N–H and O–H groups in total. The van der Waals surface area contributed by atoms with E-state index in [2.05, 4.69) is 142 Å². The zero-order valence-electron chi connectivity index (χ0n) is 38.0. The van der Waals surface area contributed by atoms with Gasteiger partial charge in [-0.2, -0.15) is 11.3 Å². The number of fused-ring (bicyclic) bond motifs is 5. The second kappa shape index (κ2) is 33.6. The molecule has 0 bridgehead atoms.